The van der Waals surface area contributed by atoms with Crippen molar-refractivity contribution in [3.05, 3.63) is 85.1 Å². The van der Waals surface area contributed by atoms with Gasteiger partial charge in [0.15, 0.2) is 6.10 Å². The van der Waals surface area contributed by atoms with Crippen molar-refractivity contribution in [1.82, 2.24) is 0 Å². The lowest BCUT2D eigenvalue weighted by molar-refractivity contribution is -0.161. The van der Waals surface area contributed by atoms with Crippen LogP contribution in [-0.2, 0) is 55.8 Å². The van der Waals surface area contributed by atoms with Crippen LogP contribution in [0.4, 0.5) is 0 Å². The summed E-state index contributed by atoms with van der Waals surface area (Å²) >= 11 is 0. The quantitative estimate of drug-likeness (QED) is 0.0146. The first-order valence-electron chi connectivity index (χ1n) is 32.9. The fraction of sp³-hybridized carbons (Fsp3) is 0.746. The van der Waals surface area contributed by atoms with Crippen LogP contribution in [0.2, 0.25) is 0 Å². The van der Waals surface area contributed by atoms with E-state index in [0.717, 1.165) is 148 Å². The maximum absolute atomic E-state index is 12.8. The van der Waals surface area contributed by atoms with Crippen molar-refractivity contribution >= 4 is 33.6 Å². The van der Waals surface area contributed by atoms with Gasteiger partial charge >= 0.3 is 33.6 Å². The average Bonchev–Trinajstić information content (AvgIpc) is 3.60. The first kappa shape index (κ1) is 81.7. The summed E-state index contributed by atoms with van der Waals surface area (Å²) < 4.78 is 60.7. The summed E-state index contributed by atoms with van der Waals surface area (Å²) in [4.78, 5) is 58.2. The molecule has 0 amide bonds. The first-order chi connectivity index (χ1) is 41.2. The standard InChI is InChI=1S/C67H118O16P2/c1-4-7-10-13-16-19-22-24-26-27-28-29-30-31-32-33-35-37-39-41-44-47-50-53-65(70)77-56-62(68)57-79-84(73,74)80-58-63(69)59-81-85(75,76)82-61-64(83-67(72)55-52-49-46-43-38-21-18-15-12-9-6-3)60-78-66(71)54-51-48-45-42-40-36-34-25-23-20-17-14-11-8-5-2/h7,10,16-17,19-20,24-26,28-29,31-32,34,62-64,68-69H,4-6,8-9,11-15,18,21-23,27,30,33,35-61H2,1-3H3,(H,73,74)(H,75,76)/b10-7-,19-16-,20-17-,26-24-,29-28-,32-31-,34-25-. The van der Waals surface area contributed by atoms with Crippen molar-refractivity contribution in [3.63, 3.8) is 0 Å². The molecule has 0 radical (unpaired) electrons. The highest BCUT2D eigenvalue weighted by atomic mass is 31.2. The van der Waals surface area contributed by atoms with E-state index in [1.54, 1.807) is 0 Å². The minimum Gasteiger partial charge on any atom is -0.463 e. The van der Waals surface area contributed by atoms with Gasteiger partial charge in [-0.2, -0.15) is 0 Å². The Balaban J connectivity index is 4.55. The number of carbonyl (C=O) groups is 3. The molecule has 0 aliphatic carbocycles. The highest BCUT2D eigenvalue weighted by molar-refractivity contribution is 7.47. The van der Waals surface area contributed by atoms with E-state index < -0.39 is 91.5 Å². The van der Waals surface area contributed by atoms with Gasteiger partial charge in [0.2, 0.25) is 0 Å². The lowest BCUT2D eigenvalue weighted by atomic mass is 10.1. The van der Waals surface area contributed by atoms with Crippen molar-refractivity contribution < 1.29 is 75.8 Å². The van der Waals surface area contributed by atoms with Crippen LogP contribution in [0.3, 0.4) is 0 Å². The van der Waals surface area contributed by atoms with Crippen LogP contribution >= 0.6 is 15.6 Å². The van der Waals surface area contributed by atoms with Gasteiger partial charge in [-0.3, -0.25) is 32.5 Å². The Morgan fingerprint density at radius 2 is 0.624 bits per heavy atom. The zero-order valence-corrected chi connectivity index (χ0v) is 54.8. The first-order valence-corrected chi connectivity index (χ1v) is 35.9. The van der Waals surface area contributed by atoms with E-state index in [-0.39, 0.29) is 19.3 Å². The van der Waals surface area contributed by atoms with Crippen LogP contribution in [0.1, 0.15) is 265 Å². The molecule has 5 atom stereocenters. The normalized spacial score (nSPS) is 14.9. The molecule has 0 fully saturated rings. The number of carbonyl (C=O) groups excluding carboxylic acids is 3. The molecule has 0 aromatic carbocycles. The second-order valence-electron chi connectivity index (χ2n) is 21.9. The minimum absolute atomic E-state index is 0.104. The predicted molar refractivity (Wildman–Crippen MR) is 344 cm³/mol. The number of hydrogen-bond acceptors (Lipinski definition) is 14. The topological polar surface area (TPSA) is 231 Å². The smallest absolute Gasteiger partial charge is 0.463 e. The van der Waals surface area contributed by atoms with Crippen LogP contribution in [0.25, 0.3) is 0 Å². The molecular formula is C67H118O16P2. The van der Waals surface area contributed by atoms with Gasteiger partial charge in [-0.1, -0.05) is 234 Å². The predicted octanol–water partition coefficient (Wildman–Crippen LogP) is 17.8. The SMILES string of the molecule is CC/C=C\C/C=C\C/C=C\C/C=C\C/C=C\CCCCCCCCCC(=O)OCC(O)COP(=O)(O)OCC(O)COP(=O)(O)OCC(COC(=O)CCCCCCC/C=C\C/C=C\CCCCC)OC(=O)CCCCCCCCCCCCC. The third-order valence-electron chi connectivity index (χ3n) is 13.6. The highest BCUT2D eigenvalue weighted by Crippen LogP contribution is 2.45. The summed E-state index contributed by atoms with van der Waals surface area (Å²) in [6.45, 7) is 2.49. The largest absolute Gasteiger partial charge is 0.472 e. The van der Waals surface area contributed by atoms with Crippen LogP contribution < -0.4 is 0 Å². The molecule has 0 aliphatic heterocycles. The summed E-state index contributed by atoms with van der Waals surface area (Å²) in [5.74, 6) is -1.60. The summed E-state index contributed by atoms with van der Waals surface area (Å²) in [6, 6.07) is 0. The monoisotopic (exact) mass is 1240 g/mol. The fourth-order valence-electron chi connectivity index (χ4n) is 8.57. The molecule has 16 nitrogen and oxygen atoms in total. The zero-order valence-electron chi connectivity index (χ0n) is 53.0. The van der Waals surface area contributed by atoms with Gasteiger partial charge in [0.05, 0.1) is 26.4 Å². The van der Waals surface area contributed by atoms with Gasteiger partial charge in [-0.15, -0.1) is 0 Å². The van der Waals surface area contributed by atoms with Gasteiger partial charge in [0.25, 0.3) is 0 Å². The van der Waals surface area contributed by atoms with E-state index in [9.17, 15) is 43.5 Å². The lowest BCUT2D eigenvalue weighted by Crippen LogP contribution is -2.30. The molecule has 0 bridgehead atoms. The van der Waals surface area contributed by atoms with Gasteiger partial charge in [0.1, 0.15) is 25.4 Å². The molecule has 0 rings (SSSR count). The number of allylic oxidation sites excluding steroid dienone is 14. The molecule has 0 aromatic heterocycles. The number of phosphoric acid groups is 2. The van der Waals surface area contributed by atoms with E-state index >= 15 is 0 Å². The fourth-order valence-corrected chi connectivity index (χ4v) is 10.2. The van der Waals surface area contributed by atoms with Crippen molar-refractivity contribution in [3.8, 4) is 0 Å². The number of phosphoric ester groups is 2. The van der Waals surface area contributed by atoms with E-state index in [0.29, 0.717) is 19.3 Å². The molecule has 0 saturated carbocycles. The minimum atomic E-state index is -4.92. The molecule has 0 heterocycles. The van der Waals surface area contributed by atoms with E-state index in [2.05, 4.69) is 106 Å². The molecule has 0 saturated heterocycles. The van der Waals surface area contributed by atoms with Crippen LogP contribution in [0.5, 0.6) is 0 Å². The molecule has 85 heavy (non-hydrogen) atoms. The molecule has 0 aliphatic rings. The highest BCUT2D eigenvalue weighted by Gasteiger charge is 2.29. The van der Waals surface area contributed by atoms with Crippen LogP contribution in [0.15, 0.2) is 85.1 Å². The molecule has 0 aromatic rings. The molecule has 492 valence electrons. The second kappa shape index (κ2) is 61.0. The summed E-state index contributed by atoms with van der Waals surface area (Å²) in [5, 5.41) is 20.5. The summed E-state index contributed by atoms with van der Waals surface area (Å²) in [6.07, 6.45) is 63.6. The van der Waals surface area contributed by atoms with Crippen molar-refractivity contribution in [1.29, 1.82) is 0 Å². The van der Waals surface area contributed by atoms with Gasteiger partial charge in [-0.05, 0) is 96.3 Å². The number of aliphatic hydroxyl groups excluding tert-OH is 2. The Bertz CT molecular complexity index is 1900. The molecule has 5 unspecified atom stereocenters. The van der Waals surface area contributed by atoms with Gasteiger partial charge < -0.3 is 34.2 Å². The zero-order chi connectivity index (χ0) is 62.4. The van der Waals surface area contributed by atoms with Gasteiger partial charge in [-0.25, -0.2) is 9.13 Å². The van der Waals surface area contributed by atoms with Crippen LogP contribution in [0, 0.1) is 0 Å². The number of aliphatic hydroxyl groups is 2. The van der Waals surface area contributed by atoms with E-state index in [1.165, 1.54) is 57.8 Å². The molecule has 18 heteroatoms. The van der Waals surface area contributed by atoms with E-state index in [4.69, 9.17) is 32.3 Å². The number of unbranched alkanes of at least 4 members (excludes halogenated alkanes) is 25. The maximum atomic E-state index is 12.8. The Hall–Kier alpha value is -3.27. The Kier molecular flexibility index (Phi) is 58.6. The second-order valence-corrected chi connectivity index (χ2v) is 24.8. The van der Waals surface area contributed by atoms with E-state index in [1.807, 2.05) is 0 Å². The number of ether oxygens (including phenoxy) is 3. The third-order valence-corrected chi connectivity index (χ3v) is 15.5. The third kappa shape index (κ3) is 62.1. The Morgan fingerprint density at radius 1 is 0.341 bits per heavy atom. The van der Waals surface area contributed by atoms with Crippen molar-refractivity contribution in [2.75, 3.05) is 39.6 Å². The van der Waals surface area contributed by atoms with Crippen molar-refractivity contribution in [2.45, 2.75) is 283 Å². The lowest BCUT2D eigenvalue weighted by Gasteiger charge is -2.21. The number of rotatable bonds is 62. The number of hydrogen-bond donors (Lipinski definition) is 4. The molecule has 0 spiro atoms. The average molecular weight is 1240 g/mol. The maximum Gasteiger partial charge on any atom is 0.472 e. The van der Waals surface area contributed by atoms with Crippen molar-refractivity contribution in [2.24, 2.45) is 0 Å². The molecular weight excluding hydrogens is 1120 g/mol. The number of esters is 3. The molecule has 4 N–H and O–H groups in total. The van der Waals surface area contributed by atoms with Gasteiger partial charge in [0, 0.05) is 19.3 Å². The summed E-state index contributed by atoms with van der Waals surface area (Å²) in [7, 11) is -9.77. The Labute approximate surface area is 515 Å². The summed E-state index contributed by atoms with van der Waals surface area (Å²) in [5.41, 5.74) is 0. The Morgan fingerprint density at radius 3 is 1.01 bits per heavy atom. The van der Waals surface area contributed by atoms with Crippen LogP contribution in [-0.4, -0.2) is 95.9 Å².